The number of nitro benzene ring substituents is 1. The van der Waals surface area contributed by atoms with Crippen LogP contribution >= 0.6 is 0 Å². The van der Waals surface area contributed by atoms with Crippen molar-refractivity contribution in [2.45, 2.75) is 32.6 Å². The Labute approximate surface area is 101 Å². The molecule has 2 N–H and O–H groups in total. The Hall–Kier alpha value is -1.91. The minimum Gasteiger partial charge on any atom is -0.399 e. The SMILES string of the molecule is CCCCCC=O.Nc1ccc([N+](=O)[O-])cc1. The van der Waals surface area contributed by atoms with Crippen molar-refractivity contribution in [3.63, 3.8) is 0 Å². The summed E-state index contributed by atoms with van der Waals surface area (Å²) < 4.78 is 0. The predicted octanol–water partition coefficient (Wildman–Crippen LogP) is 2.94. The Morgan fingerprint density at radius 3 is 2.29 bits per heavy atom. The van der Waals surface area contributed by atoms with Gasteiger partial charge in [0.25, 0.3) is 5.69 Å². The summed E-state index contributed by atoms with van der Waals surface area (Å²) in [7, 11) is 0. The van der Waals surface area contributed by atoms with Crippen molar-refractivity contribution in [2.24, 2.45) is 0 Å². The minimum atomic E-state index is -0.459. The molecule has 5 heteroatoms. The molecule has 0 atom stereocenters. The summed E-state index contributed by atoms with van der Waals surface area (Å²) in [6.07, 6.45) is 5.19. The van der Waals surface area contributed by atoms with Gasteiger partial charge in [0.1, 0.15) is 6.29 Å². The average Bonchev–Trinajstić information content (AvgIpc) is 2.31. The van der Waals surface area contributed by atoms with E-state index in [1.807, 2.05) is 0 Å². The first kappa shape index (κ1) is 15.1. The summed E-state index contributed by atoms with van der Waals surface area (Å²) in [5, 5.41) is 10.1. The van der Waals surface area contributed by atoms with Crippen LogP contribution in [0.25, 0.3) is 0 Å². The van der Waals surface area contributed by atoms with E-state index in [4.69, 9.17) is 5.73 Å². The first-order valence-corrected chi connectivity index (χ1v) is 5.55. The second kappa shape index (κ2) is 9.33. The van der Waals surface area contributed by atoms with Gasteiger partial charge in [0.05, 0.1) is 4.92 Å². The van der Waals surface area contributed by atoms with Gasteiger partial charge in [-0.25, -0.2) is 0 Å². The first-order valence-electron chi connectivity index (χ1n) is 5.55. The zero-order valence-corrected chi connectivity index (χ0v) is 9.96. The molecule has 94 valence electrons. The molecular weight excluding hydrogens is 220 g/mol. The Kier molecular flexibility index (Phi) is 8.28. The average molecular weight is 238 g/mol. The van der Waals surface area contributed by atoms with Gasteiger partial charge in [-0.15, -0.1) is 0 Å². The largest absolute Gasteiger partial charge is 0.399 e. The number of unbranched alkanes of at least 4 members (excludes halogenated alkanes) is 3. The van der Waals surface area contributed by atoms with Crippen molar-refractivity contribution < 1.29 is 9.72 Å². The number of nitrogens with two attached hydrogens (primary N) is 1. The Morgan fingerprint density at radius 1 is 1.29 bits per heavy atom. The van der Waals surface area contributed by atoms with Gasteiger partial charge in [-0.2, -0.15) is 0 Å². The topological polar surface area (TPSA) is 86.2 Å². The van der Waals surface area contributed by atoms with E-state index >= 15 is 0 Å². The van der Waals surface area contributed by atoms with E-state index < -0.39 is 4.92 Å². The summed E-state index contributed by atoms with van der Waals surface area (Å²) >= 11 is 0. The molecule has 1 rings (SSSR count). The zero-order valence-electron chi connectivity index (χ0n) is 9.96. The second-order valence-electron chi connectivity index (χ2n) is 3.51. The molecule has 0 aliphatic rings. The van der Waals surface area contributed by atoms with Gasteiger partial charge in [-0.3, -0.25) is 10.1 Å². The molecule has 0 amide bonds. The van der Waals surface area contributed by atoms with Crippen LogP contribution in [0.5, 0.6) is 0 Å². The van der Waals surface area contributed by atoms with Crippen molar-refractivity contribution in [1.82, 2.24) is 0 Å². The van der Waals surface area contributed by atoms with Crippen molar-refractivity contribution in [1.29, 1.82) is 0 Å². The molecule has 0 aliphatic heterocycles. The number of hydrogen-bond acceptors (Lipinski definition) is 4. The monoisotopic (exact) mass is 238 g/mol. The first-order chi connectivity index (χ1) is 8.11. The Morgan fingerprint density at radius 2 is 1.88 bits per heavy atom. The number of anilines is 1. The van der Waals surface area contributed by atoms with Gasteiger partial charge in [-0.1, -0.05) is 19.8 Å². The molecule has 0 bridgehead atoms. The van der Waals surface area contributed by atoms with Gasteiger partial charge < -0.3 is 10.5 Å². The van der Waals surface area contributed by atoms with Crippen LogP contribution in [0.3, 0.4) is 0 Å². The minimum absolute atomic E-state index is 0.0641. The van der Waals surface area contributed by atoms with Crippen LogP contribution in [0.15, 0.2) is 24.3 Å². The van der Waals surface area contributed by atoms with Crippen molar-refractivity contribution in [3.8, 4) is 0 Å². The number of hydrogen-bond donors (Lipinski definition) is 1. The van der Waals surface area contributed by atoms with Crippen molar-refractivity contribution in [3.05, 3.63) is 34.4 Å². The molecule has 0 aliphatic carbocycles. The molecule has 0 unspecified atom stereocenters. The molecular formula is C12H18N2O3. The number of aldehydes is 1. The highest BCUT2D eigenvalue weighted by atomic mass is 16.6. The molecule has 0 saturated carbocycles. The maximum Gasteiger partial charge on any atom is 0.269 e. The fourth-order valence-corrected chi connectivity index (χ4v) is 1.07. The second-order valence-corrected chi connectivity index (χ2v) is 3.51. The van der Waals surface area contributed by atoms with Crippen LogP contribution in [-0.2, 0) is 4.79 Å². The summed E-state index contributed by atoms with van der Waals surface area (Å²) in [4.78, 5) is 19.3. The van der Waals surface area contributed by atoms with E-state index in [9.17, 15) is 14.9 Å². The Balaban J connectivity index is 0.000000325. The van der Waals surface area contributed by atoms with Crippen LogP contribution in [0.1, 0.15) is 32.6 Å². The molecule has 0 heterocycles. The molecule has 0 fully saturated rings. The van der Waals surface area contributed by atoms with Crippen molar-refractivity contribution >= 4 is 17.7 Å². The van der Waals surface area contributed by atoms with Gasteiger partial charge in [-0.05, 0) is 18.6 Å². The summed E-state index contributed by atoms with van der Waals surface area (Å²) in [6.45, 7) is 2.13. The Bertz CT molecular complexity index is 336. The number of benzene rings is 1. The number of rotatable bonds is 5. The molecule has 0 spiro atoms. The van der Waals surface area contributed by atoms with Crippen LogP contribution < -0.4 is 5.73 Å². The number of carbonyl (C=O) groups excluding carboxylic acids is 1. The third kappa shape index (κ3) is 7.96. The van der Waals surface area contributed by atoms with E-state index in [2.05, 4.69) is 6.92 Å². The number of carbonyl (C=O) groups is 1. The van der Waals surface area contributed by atoms with Gasteiger partial charge in [0, 0.05) is 24.2 Å². The number of non-ortho nitro benzene ring substituents is 1. The molecule has 0 radical (unpaired) electrons. The zero-order chi connectivity index (χ0) is 13.1. The lowest BCUT2D eigenvalue weighted by Gasteiger charge is -1.90. The fourth-order valence-electron chi connectivity index (χ4n) is 1.07. The highest BCUT2D eigenvalue weighted by Crippen LogP contribution is 2.11. The summed E-state index contributed by atoms with van der Waals surface area (Å²) in [6, 6.07) is 5.74. The third-order valence-electron chi connectivity index (χ3n) is 2.03. The highest BCUT2D eigenvalue weighted by Gasteiger charge is 2.00. The number of nitrogen functional groups attached to an aromatic ring is 1. The lowest BCUT2D eigenvalue weighted by atomic mass is 10.2. The van der Waals surface area contributed by atoms with E-state index in [0.717, 1.165) is 19.1 Å². The molecule has 0 saturated heterocycles. The third-order valence-corrected chi connectivity index (χ3v) is 2.03. The van der Waals surface area contributed by atoms with Crippen LogP contribution in [0, 0.1) is 10.1 Å². The molecule has 17 heavy (non-hydrogen) atoms. The molecule has 1 aromatic carbocycles. The van der Waals surface area contributed by atoms with E-state index in [1.165, 1.54) is 37.1 Å². The van der Waals surface area contributed by atoms with E-state index in [-0.39, 0.29) is 5.69 Å². The van der Waals surface area contributed by atoms with Crippen molar-refractivity contribution in [2.75, 3.05) is 5.73 Å². The van der Waals surface area contributed by atoms with Gasteiger partial charge in [0.15, 0.2) is 0 Å². The molecule has 0 aromatic heterocycles. The van der Waals surface area contributed by atoms with E-state index in [1.54, 1.807) is 0 Å². The predicted molar refractivity (Wildman–Crippen MR) is 67.7 cm³/mol. The number of nitro groups is 1. The van der Waals surface area contributed by atoms with Crippen LogP contribution in [0.2, 0.25) is 0 Å². The van der Waals surface area contributed by atoms with Crippen LogP contribution in [0.4, 0.5) is 11.4 Å². The summed E-state index contributed by atoms with van der Waals surface area (Å²) in [5.41, 5.74) is 5.90. The highest BCUT2D eigenvalue weighted by molar-refractivity contribution is 5.48. The standard InChI is InChI=1S/C6H6N2O2.C6H12O/c7-5-1-3-6(4-2-5)8(9)10;1-2-3-4-5-6-7/h1-4H,7H2;6H,2-5H2,1H3. The van der Waals surface area contributed by atoms with Crippen LogP contribution in [-0.4, -0.2) is 11.2 Å². The molecule has 1 aromatic rings. The fraction of sp³-hybridized carbons (Fsp3) is 0.417. The normalized spacial score (nSPS) is 9.00. The smallest absolute Gasteiger partial charge is 0.269 e. The lowest BCUT2D eigenvalue weighted by molar-refractivity contribution is -0.384. The maximum absolute atomic E-state index is 10.1. The number of nitrogens with zero attached hydrogens (tertiary/aromatic N) is 1. The lowest BCUT2D eigenvalue weighted by Crippen LogP contribution is -1.88. The summed E-state index contributed by atoms with van der Waals surface area (Å²) in [5.74, 6) is 0. The quantitative estimate of drug-likeness (QED) is 0.281. The maximum atomic E-state index is 10.1. The van der Waals surface area contributed by atoms with Gasteiger partial charge >= 0.3 is 0 Å². The van der Waals surface area contributed by atoms with E-state index in [0.29, 0.717) is 5.69 Å². The molecule has 5 nitrogen and oxygen atoms in total. The van der Waals surface area contributed by atoms with Gasteiger partial charge in [0.2, 0.25) is 0 Å².